The number of nitrogens with one attached hydrogen (secondary N) is 1. The Kier molecular flexibility index (Phi) is 7.86. The molecule has 0 saturated heterocycles. The van der Waals surface area contributed by atoms with Gasteiger partial charge in [-0.05, 0) is 42.0 Å². The molecule has 3 aromatic carbocycles. The van der Waals surface area contributed by atoms with E-state index in [9.17, 15) is 26.4 Å². The van der Waals surface area contributed by atoms with E-state index in [1.165, 1.54) is 31.4 Å². The summed E-state index contributed by atoms with van der Waals surface area (Å²) >= 11 is 6.09. The molecule has 0 aromatic heterocycles. The van der Waals surface area contributed by atoms with Gasteiger partial charge in [0.15, 0.2) is 0 Å². The van der Waals surface area contributed by atoms with Crippen molar-refractivity contribution >= 4 is 33.2 Å². The lowest BCUT2D eigenvalue weighted by Gasteiger charge is -2.22. The van der Waals surface area contributed by atoms with Gasteiger partial charge in [-0.25, -0.2) is 8.42 Å². The number of methoxy groups -OCH3 is 1. The standard InChI is InChI=1S/C23H20ClF3N2O4S/c1-33-21-11-10-19(13-20(21)24)34(31,32)29(14-16-6-3-2-4-7-16)15-22(30)28-18-9-5-8-17(12-18)23(25,26)27/h2-13H,14-15H2,1H3,(H,28,30). The van der Waals surface area contributed by atoms with E-state index in [0.717, 1.165) is 22.5 Å². The first-order chi connectivity index (χ1) is 16.0. The van der Waals surface area contributed by atoms with Crippen molar-refractivity contribution in [3.8, 4) is 5.75 Å². The molecular formula is C23H20ClF3N2O4S. The van der Waals surface area contributed by atoms with Crippen LogP contribution in [0.25, 0.3) is 0 Å². The van der Waals surface area contributed by atoms with Crippen molar-refractivity contribution in [1.29, 1.82) is 0 Å². The third-order valence-electron chi connectivity index (χ3n) is 4.76. The number of carbonyl (C=O) groups excluding carboxylic acids is 1. The van der Waals surface area contributed by atoms with Crippen molar-refractivity contribution in [3.05, 3.63) is 88.9 Å². The number of carbonyl (C=O) groups is 1. The summed E-state index contributed by atoms with van der Waals surface area (Å²) in [6.07, 6.45) is -4.59. The second-order valence-electron chi connectivity index (χ2n) is 7.18. The number of hydrogen-bond acceptors (Lipinski definition) is 4. The second kappa shape index (κ2) is 10.5. The van der Waals surface area contributed by atoms with Crippen LogP contribution in [0.5, 0.6) is 5.75 Å². The number of hydrogen-bond donors (Lipinski definition) is 1. The van der Waals surface area contributed by atoms with Gasteiger partial charge in [0.05, 0.1) is 29.1 Å². The minimum atomic E-state index is -4.59. The molecule has 3 aromatic rings. The van der Waals surface area contributed by atoms with Gasteiger partial charge in [0, 0.05) is 12.2 Å². The van der Waals surface area contributed by atoms with Crippen LogP contribution < -0.4 is 10.1 Å². The van der Waals surface area contributed by atoms with Crippen LogP contribution in [-0.2, 0) is 27.5 Å². The molecule has 1 amide bonds. The van der Waals surface area contributed by atoms with Crippen molar-refractivity contribution in [2.24, 2.45) is 0 Å². The molecule has 0 heterocycles. The third-order valence-corrected chi connectivity index (χ3v) is 6.84. The lowest BCUT2D eigenvalue weighted by Crippen LogP contribution is -2.37. The largest absolute Gasteiger partial charge is 0.495 e. The number of benzene rings is 3. The summed E-state index contributed by atoms with van der Waals surface area (Å²) in [5.41, 5.74) is -0.436. The Hall–Kier alpha value is -3.08. The Labute approximate surface area is 200 Å². The van der Waals surface area contributed by atoms with Crippen LogP contribution in [0, 0.1) is 0 Å². The molecule has 1 N–H and O–H groups in total. The number of halogens is 4. The zero-order chi connectivity index (χ0) is 24.9. The molecule has 0 bridgehead atoms. The van der Waals surface area contributed by atoms with Crippen LogP contribution >= 0.6 is 11.6 Å². The van der Waals surface area contributed by atoms with Crippen LogP contribution in [0.4, 0.5) is 18.9 Å². The summed E-state index contributed by atoms with van der Waals surface area (Å²) in [5, 5.41) is 2.40. The minimum Gasteiger partial charge on any atom is -0.495 e. The lowest BCUT2D eigenvalue weighted by molar-refractivity contribution is -0.137. The number of rotatable bonds is 8. The number of anilines is 1. The quantitative estimate of drug-likeness (QED) is 0.450. The number of nitrogens with zero attached hydrogens (tertiary/aromatic N) is 1. The maximum Gasteiger partial charge on any atom is 0.416 e. The van der Waals surface area contributed by atoms with Crippen LogP contribution in [0.1, 0.15) is 11.1 Å². The van der Waals surface area contributed by atoms with E-state index in [1.807, 2.05) is 0 Å². The minimum absolute atomic E-state index is 0.0663. The van der Waals surface area contributed by atoms with Gasteiger partial charge >= 0.3 is 6.18 Å². The highest BCUT2D eigenvalue weighted by Crippen LogP contribution is 2.31. The van der Waals surface area contributed by atoms with Gasteiger partial charge in [0.1, 0.15) is 5.75 Å². The number of amides is 1. The lowest BCUT2D eigenvalue weighted by atomic mass is 10.2. The predicted molar refractivity (Wildman–Crippen MR) is 122 cm³/mol. The second-order valence-corrected chi connectivity index (χ2v) is 9.53. The van der Waals surface area contributed by atoms with Crippen LogP contribution in [0.2, 0.25) is 5.02 Å². The van der Waals surface area contributed by atoms with Crippen molar-refractivity contribution < 1.29 is 31.1 Å². The molecule has 0 spiro atoms. The van der Waals surface area contributed by atoms with E-state index in [1.54, 1.807) is 30.3 Å². The molecule has 0 unspecified atom stereocenters. The summed E-state index contributed by atoms with van der Waals surface area (Å²) in [6.45, 7) is -0.792. The summed E-state index contributed by atoms with van der Waals surface area (Å²) < 4.78 is 71.6. The third kappa shape index (κ3) is 6.28. The average Bonchev–Trinajstić information content (AvgIpc) is 2.79. The fourth-order valence-electron chi connectivity index (χ4n) is 3.10. The molecular weight excluding hydrogens is 493 g/mol. The Balaban J connectivity index is 1.89. The van der Waals surface area contributed by atoms with Gasteiger partial charge in [-0.3, -0.25) is 4.79 Å². The van der Waals surface area contributed by atoms with E-state index in [2.05, 4.69) is 5.32 Å². The summed E-state index contributed by atoms with van der Waals surface area (Å²) in [6, 6.07) is 16.5. The predicted octanol–water partition coefficient (Wildman–Crippen LogP) is 5.20. The maximum absolute atomic E-state index is 13.4. The highest BCUT2D eigenvalue weighted by atomic mass is 35.5. The summed E-state index contributed by atoms with van der Waals surface area (Å²) in [5.74, 6) is -0.532. The van der Waals surface area contributed by atoms with Gasteiger partial charge in [0.2, 0.25) is 15.9 Å². The molecule has 0 fully saturated rings. The highest BCUT2D eigenvalue weighted by Gasteiger charge is 2.31. The molecule has 34 heavy (non-hydrogen) atoms. The first-order valence-electron chi connectivity index (χ1n) is 9.85. The zero-order valence-electron chi connectivity index (χ0n) is 17.8. The molecule has 3 rings (SSSR count). The fraction of sp³-hybridized carbons (Fsp3) is 0.174. The fourth-order valence-corrected chi connectivity index (χ4v) is 4.84. The Morgan fingerprint density at radius 1 is 1.03 bits per heavy atom. The first-order valence-corrected chi connectivity index (χ1v) is 11.7. The van der Waals surface area contributed by atoms with Crippen LogP contribution in [0.3, 0.4) is 0 Å². The zero-order valence-corrected chi connectivity index (χ0v) is 19.4. The van der Waals surface area contributed by atoms with Crippen molar-refractivity contribution in [3.63, 3.8) is 0 Å². The van der Waals surface area contributed by atoms with Gasteiger partial charge < -0.3 is 10.1 Å². The summed E-state index contributed by atoms with van der Waals surface area (Å²) in [4.78, 5) is 12.5. The van der Waals surface area contributed by atoms with Gasteiger partial charge in [-0.15, -0.1) is 0 Å². The first kappa shape index (κ1) is 25.5. The van der Waals surface area contributed by atoms with E-state index < -0.39 is 34.2 Å². The molecule has 6 nitrogen and oxygen atoms in total. The normalized spacial score (nSPS) is 11.9. The summed E-state index contributed by atoms with van der Waals surface area (Å²) in [7, 11) is -2.83. The Bertz CT molecular complexity index is 1270. The van der Waals surface area contributed by atoms with Gasteiger partial charge in [0.25, 0.3) is 0 Å². The smallest absolute Gasteiger partial charge is 0.416 e. The number of ether oxygens (including phenoxy) is 1. The molecule has 0 saturated carbocycles. The molecule has 180 valence electrons. The van der Waals surface area contributed by atoms with Gasteiger partial charge in [-0.1, -0.05) is 48.0 Å². The van der Waals surface area contributed by atoms with Gasteiger partial charge in [-0.2, -0.15) is 17.5 Å². The van der Waals surface area contributed by atoms with Crippen molar-refractivity contribution in [2.75, 3.05) is 19.0 Å². The molecule has 0 aliphatic carbocycles. The Morgan fingerprint density at radius 2 is 1.74 bits per heavy atom. The van der Waals surface area contributed by atoms with Crippen LogP contribution in [-0.4, -0.2) is 32.3 Å². The number of alkyl halides is 3. The molecule has 0 aliphatic rings. The highest BCUT2D eigenvalue weighted by molar-refractivity contribution is 7.89. The van der Waals surface area contributed by atoms with Crippen molar-refractivity contribution in [2.45, 2.75) is 17.6 Å². The SMILES string of the molecule is COc1ccc(S(=O)(=O)N(CC(=O)Nc2cccc(C(F)(F)F)c2)Cc2ccccc2)cc1Cl. The maximum atomic E-state index is 13.4. The number of sulfonamides is 1. The van der Waals surface area contributed by atoms with Crippen LogP contribution in [0.15, 0.2) is 77.7 Å². The van der Waals surface area contributed by atoms with E-state index in [4.69, 9.17) is 16.3 Å². The monoisotopic (exact) mass is 512 g/mol. The molecule has 0 aliphatic heterocycles. The molecule has 0 atom stereocenters. The van der Waals surface area contributed by atoms with E-state index in [0.29, 0.717) is 5.56 Å². The topological polar surface area (TPSA) is 75.7 Å². The molecule has 11 heteroatoms. The van der Waals surface area contributed by atoms with E-state index in [-0.39, 0.29) is 27.9 Å². The molecule has 0 radical (unpaired) electrons. The Morgan fingerprint density at radius 3 is 2.35 bits per heavy atom. The average molecular weight is 513 g/mol. The van der Waals surface area contributed by atoms with Crippen molar-refractivity contribution in [1.82, 2.24) is 4.31 Å². The van der Waals surface area contributed by atoms with E-state index >= 15 is 0 Å².